The third-order valence-corrected chi connectivity index (χ3v) is 3.49. The number of rotatable bonds is 0. The zero-order chi connectivity index (χ0) is 12.5. The predicted octanol–water partition coefficient (Wildman–Crippen LogP) is 5.27. The van der Waals surface area contributed by atoms with Gasteiger partial charge >= 0.3 is 0 Å². The molecule has 1 aliphatic carbocycles. The van der Waals surface area contributed by atoms with E-state index in [-0.39, 0.29) is 6.84 Å². The van der Waals surface area contributed by atoms with Crippen LogP contribution in [0.2, 0.25) is 0 Å². The van der Waals surface area contributed by atoms with Gasteiger partial charge in [0.1, 0.15) is 0 Å². The van der Waals surface area contributed by atoms with Crippen LogP contribution in [0.1, 0.15) is 40.2 Å². The number of hydrogen-bond acceptors (Lipinski definition) is 0. The first-order valence-corrected chi connectivity index (χ1v) is 6.40. The molecular weight excluding hydrogens is 204 g/mol. The molecule has 2 aromatic rings. The first-order chi connectivity index (χ1) is 8.21. The normalized spacial score (nSPS) is 14.4. The zero-order valence-corrected chi connectivity index (χ0v) is 11.1. The van der Waals surface area contributed by atoms with Crippen molar-refractivity contribution < 1.29 is 1.43 Å². The summed E-state index contributed by atoms with van der Waals surface area (Å²) in [6.07, 6.45) is 0. The fourth-order valence-corrected chi connectivity index (χ4v) is 2.67. The summed E-state index contributed by atoms with van der Waals surface area (Å²) in [7, 11) is 0. The Morgan fingerprint density at radius 2 is 1.06 bits per heavy atom. The Bertz CT molecular complexity index is 479. The fraction of sp³-hybridized carbons (Fsp3) is 0.294. The average molecular weight is 226 g/mol. The summed E-state index contributed by atoms with van der Waals surface area (Å²) >= 11 is 0. The maximum absolute atomic E-state index is 2.30. The van der Waals surface area contributed by atoms with Gasteiger partial charge in [-0.15, -0.1) is 0 Å². The monoisotopic (exact) mass is 226 g/mol. The maximum atomic E-state index is 2.30. The molecule has 90 valence electrons. The van der Waals surface area contributed by atoms with Gasteiger partial charge in [0.2, 0.25) is 0 Å². The van der Waals surface area contributed by atoms with Crippen LogP contribution in [0.5, 0.6) is 0 Å². The first kappa shape index (κ1) is 11.9. The van der Waals surface area contributed by atoms with Crippen LogP contribution in [0.3, 0.4) is 0 Å². The molecule has 0 N–H and O–H groups in total. The van der Waals surface area contributed by atoms with Crippen LogP contribution in [0.15, 0.2) is 48.5 Å². The summed E-state index contributed by atoms with van der Waals surface area (Å²) in [6.45, 7) is 8.61. The molecule has 0 aromatic heterocycles. The molecule has 0 spiro atoms. The van der Waals surface area contributed by atoms with Crippen molar-refractivity contribution >= 4 is 0 Å². The number of hydrogen-bond donors (Lipinski definition) is 0. The smallest absolute Gasteiger partial charge is 0.0158 e. The van der Waals surface area contributed by atoms with Crippen molar-refractivity contribution in [3.63, 3.8) is 0 Å². The van der Waals surface area contributed by atoms with Crippen LogP contribution < -0.4 is 0 Å². The van der Waals surface area contributed by atoms with Crippen molar-refractivity contribution in [2.75, 3.05) is 0 Å². The molecule has 0 fully saturated rings. The van der Waals surface area contributed by atoms with Gasteiger partial charge in [-0.1, -0.05) is 76.2 Å². The highest BCUT2D eigenvalue weighted by atomic mass is 14.4. The molecule has 2 aromatic carbocycles. The third-order valence-electron chi connectivity index (χ3n) is 3.49. The van der Waals surface area contributed by atoms with Crippen LogP contribution in [-0.2, 0) is 5.41 Å². The molecule has 0 aliphatic heterocycles. The minimum atomic E-state index is 0. The molecule has 17 heavy (non-hydrogen) atoms. The van der Waals surface area contributed by atoms with E-state index in [1.54, 1.807) is 0 Å². The predicted molar refractivity (Wildman–Crippen MR) is 77.5 cm³/mol. The van der Waals surface area contributed by atoms with Gasteiger partial charge in [0, 0.05) is 6.84 Å². The Kier molecular flexibility index (Phi) is 3.06. The van der Waals surface area contributed by atoms with Gasteiger partial charge in [0.05, 0.1) is 0 Å². The van der Waals surface area contributed by atoms with E-state index in [4.69, 9.17) is 0 Å². The first-order valence-electron chi connectivity index (χ1n) is 6.40. The van der Waals surface area contributed by atoms with Gasteiger partial charge < -0.3 is 0 Å². The zero-order valence-electron chi connectivity index (χ0n) is 11.1. The quantitative estimate of drug-likeness (QED) is 0.574. The van der Waals surface area contributed by atoms with Gasteiger partial charge in [-0.2, -0.15) is 0 Å². The van der Waals surface area contributed by atoms with Crippen LogP contribution >= 0.6 is 0 Å². The summed E-state index contributed by atoms with van der Waals surface area (Å²) in [6, 6.07) is 17.4. The lowest BCUT2D eigenvalue weighted by molar-refractivity contribution is 0.660. The lowest BCUT2D eigenvalue weighted by Gasteiger charge is -2.20. The Labute approximate surface area is 106 Å². The van der Waals surface area contributed by atoms with Crippen molar-refractivity contribution in [1.82, 2.24) is 0 Å². The molecule has 3 rings (SSSR count). The summed E-state index contributed by atoms with van der Waals surface area (Å²) in [5.41, 5.74) is 5.86. The topological polar surface area (TPSA) is 0 Å². The second kappa shape index (κ2) is 4.37. The molecule has 0 saturated heterocycles. The fourth-order valence-electron chi connectivity index (χ4n) is 2.67. The molecule has 0 saturated carbocycles. The van der Waals surface area contributed by atoms with Crippen LogP contribution in [0.25, 0.3) is 11.1 Å². The molecule has 0 nitrogen and oxygen atoms in total. The largest absolute Gasteiger partial charge is 0.0683 e. The Morgan fingerprint density at radius 3 is 1.47 bits per heavy atom. The van der Waals surface area contributed by atoms with Crippen molar-refractivity contribution in [1.29, 1.82) is 0 Å². The lowest BCUT2D eigenvalue weighted by atomic mass is 9.82. The van der Waals surface area contributed by atoms with Gasteiger partial charge in [-0.3, -0.25) is 0 Å². The lowest BCUT2D eigenvalue weighted by Crippen LogP contribution is -2.14. The van der Waals surface area contributed by atoms with Gasteiger partial charge in [0.15, 0.2) is 0 Å². The summed E-state index contributed by atoms with van der Waals surface area (Å²) in [5.74, 6) is 0. The van der Waals surface area contributed by atoms with Crippen LogP contribution in [0.4, 0.5) is 0 Å². The Morgan fingerprint density at radius 1 is 0.706 bits per heavy atom. The van der Waals surface area contributed by atoms with Crippen molar-refractivity contribution in [3.05, 3.63) is 59.7 Å². The van der Waals surface area contributed by atoms with E-state index in [9.17, 15) is 0 Å². The van der Waals surface area contributed by atoms with Gasteiger partial charge in [-0.25, -0.2) is 0 Å². The molecule has 0 unspecified atom stereocenters. The second-order valence-corrected chi connectivity index (χ2v) is 4.72. The van der Waals surface area contributed by atoms with E-state index >= 15 is 0 Å². The number of fused-ring (bicyclic) bond motifs is 3. The highest BCUT2D eigenvalue weighted by Gasteiger charge is 2.34. The SMILES string of the molecule is CC.CC1(C)c2ccccc2-c2ccccc21.[HH]. The van der Waals surface area contributed by atoms with Crippen molar-refractivity contribution in [3.8, 4) is 11.1 Å². The second-order valence-electron chi connectivity index (χ2n) is 4.72. The van der Waals surface area contributed by atoms with E-state index in [0.29, 0.717) is 0 Å². The van der Waals surface area contributed by atoms with Crippen LogP contribution in [0, 0.1) is 0 Å². The molecule has 0 atom stereocenters. The van der Waals surface area contributed by atoms with Gasteiger partial charge in [-0.05, 0) is 22.3 Å². The van der Waals surface area contributed by atoms with Crippen LogP contribution in [-0.4, -0.2) is 0 Å². The summed E-state index contributed by atoms with van der Waals surface area (Å²) in [5, 5.41) is 0. The highest BCUT2D eigenvalue weighted by Crippen LogP contribution is 2.47. The molecule has 0 heteroatoms. The standard InChI is InChI=1S/C15H14.C2H6.H2/c1-15(2)13-9-5-3-7-11(13)12-8-4-6-10-14(12)15;1-2;/h3-10H,1-2H3;1-2H3;1H. The maximum Gasteiger partial charge on any atom is 0.0158 e. The average Bonchev–Trinajstić information content (AvgIpc) is 2.63. The molecular formula is C17H22. The van der Waals surface area contributed by atoms with Gasteiger partial charge in [0.25, 0.3) is 0 Å². The Hall–Kier alpha value is -1.56. The van der Waals surface area contributed by atoms with E-state index in [1.165, 1.54) is 22.3 Å². The van der Waals surface area contributed by atoms with E-state index in [2.05, 4.69) is 62.4 Å². The number of benzene rings is 2. The minimum Gasteiger partial charge on any atom is -0.0683 e. The summed E-state index contributed by atoms with van der Waals surface area (Å²) < 4.78 is 0. The minimum absolute atomic E-state index is 0. The molecule has 0 heterocycles. The van der Waals surface area contributed by atoms with Crippen molar-refractivity contribution in [2.45, 2.75) is 33.1 Å². The highest BCUT2D eigenvalue weighted by molar-refractivity contribution is 5.80. The molecule has 0 bridgehead atoms. The Balaban J connectivity index is 0.000000516. The van der Waals surface area contributed by atoms with Crippen molar-refractivity contribution in [2.24, 2.45) is 0 Å². The van der Waals surface area contributed by atoms with E-state index < -0.39 is 0 Å². The van der Waals surface area contributed by atoms with E-state index in [0.717, 1.165) is 0 Å². The summed E-state index contributed by atoms with van der Waals surface area (Å²) in [4.78, 5) is 0. The van der Waals surface area contributed by atoms with E-state index in [1.807, 2.05) is 13.8 Å². The molecule has 1 aliphatic rings. The molecule has 0 amide bonds. The molecule has 0 radical (unpaired) electrons. The third kappa shape index (κ3) is 1.68.